The van der Waals surface area contributed by atoms with Crippen LogP contribution < -0.4 is 0 Å². The van der Waals surface area contributed by atoms with E-state index in [2.05, 4.69) is 176 Å². The summed E-state index contributed by atoms with van der Waals surface area (Å²) in [5, 5.41) is 12.7. The van der Waals surface area contributed by atoms with Gasteiger partial charge in [0.15, 0.2) is 0 Å². The van der Waals surface area contributed by atoms with Crippen LogP contribution in [0.5, 0.6) is 0 Å². The second-order valence-corrected chi connectivity index (χ2v) is 16.1. The number of nitrogens with zero attached hydrogens (tertiary/aromatic N) is 2. The highest BCUT2D eigenvalue weighted by atomic mass is 32.1. The van der Waals surface area contributed by atoms with E-state index >= 15 is 0 Å². The van der Waals surface area contributed by atoms with Gasteiger partial charge < -0.3 is 4.57 Å². The molecule has 1 aliphatic carbocycles. The molecule has 0 amide bonds. The van der Waals surface area contributed by atoms with Gasteiger partial charge >= 0.3 is 0 Å². The molecular weight excluding hydrogens is 661 g/mol. The van der Waals surface area contributed by atoms with Crippen LogP contribution in [0, 0.1) is 0 Å². The zero-order valence-electron chi connectivity index (χ0n) is 29.3. The lowest BCUT2D eigenvalue weighted by Crippen LogP contribution is -2.14. The van der Waals surface area contributed by atoms with Gasteiger partial charge in [0.1, 0.15) is 4.83 Å². The molecule has 0 bridgehead atoms. The van der Waals surface area contributed by atoms with E-state index in [-0.39, 0.29) is 5.41 Å². The van der Waals surface area contributed by atoms with Crippen LogP contribution in [0.3, 0.4) is 0 Å². The van der Waals surface area contributed by atoms with Crippen molar-refractivity contribution in [2.24, 2.45) is 0 Å². The van der Waals surface area contributed by atoms with Crippen LogP contribution in [0.4, 0.5) is 0 Å². The minimum absolute atomic E-state index is 0.0624. The molecule has 3 heterocycles. The number of benzene rings is 8. The zero-order valence-corrected chi connectivity index (χ0v) is 30.1. The first kappa shape index (κ1) is 29.3. The summed E-state index contributed by atoms with van der Waals surface area (Å²) in [5.74, 6) is 0. The van der Waals surface area contributed by atoms with Crippen LogP contribution >= 0.6 is 11.3 Å². The zero-order chi connectivity index (χ0) is 35.0. The number of thiophene rings is 1. The molecule has 0 spiro atoms. The third-order valence-corrected chi connectivity index (χ3v) is 13.1. The molecule has 1 aliphatic rings. The predicted molar refractivity (Wildman–Crippen MR) is 227 cm³/mol. The van der Waals surface area contributed by atoms with Crippen LogP contribution in [0.25, 0.3) is 102 Å². The average molecular weight is 693 g/mol. The van der Waals surface area contributed by atoms with Crippen molar-refractivity contribution >= 4 is 85.8 Å². The van der Waals surface area contributed by atoms with Crippen LogP contribution in [0.2, 0.25) is 0 Å². The number of para-hydroxylation sites is 1. The van der Waals surface area contributed by atoms with Crippen molar-refractivity contribution in [2.45, 2.75) is 19.3 Å². The van der Waals surface area contributed by atoms with E-state index in [9.17, 15) is 0 Å². The van der Waals surface area contributed by atoms with Crippen molar-refractivity contribution in [1.29, 1.82) is 0 Å². The first-order valence-corrected chi connectivity index (χ1v) is 19.2. The van der Waals surface area contributed by atoms with Gasteiger partial charge in [0.25, 0.3) is 0 Å². The Morgan fingerprint density at radius 3 is 1.89 bits per heavy atom. The number of rotatable bonds is 2. The average Bonchev–Trinajstić information content (AvgIpc) is 3.81. The van der Waals surface area contributed by atoms with E-state index in [1.54, 1.807) is 0 Å². The van der Waals surface area contributed by atoms with Gasteiger partial charge in [-0.3, -0.25) is 0 Å². The number of fused-ring (bicyclic) bond motifs is 16. The monoisotopic (exact) mass is 692 g/mol. The highest BCUT2D eigenvalue weighted by molar-refractivity contribution is 7.25. The smallest absolute Gasteiger partial charge is 0.109 e. The summed E-state index contributed by atoms with van der Waals surface area (Å²) in [6.45, 7) is 4.75. The van der Waals surface area contributed by atoms with Crippen molar-refractivity contribution in [3.05, 3.63) is 169 Å². The number of hydrogen-bond acceptors (Lipinski definition) is 2. The summed E-state index contributed by atoms with van der Waals surface area (Å²) in [6, 6.07) is 58.2. The Bertz CT molecular complexity index is 3360. The van der Waals surface area contributed by atoms with Gasteiger partial charge in [-0.25, -0.2) is 4.98 Å². The fourth-order valence-electron chi connectivity index (χ4n) is 9.54. The van der Waals surface area contributed by atoms with E-state index in [4.69, 9.17) is 4.98 Å². The minimum Gasteiger partial charge on any atom is -0.301 e. The van der Waals surface area contributed by atoms with Gasteiger partial charge in [-0.15, -0.1) is 11.3 Å². The molecule has 53 heavy (non-hydrogen) atoms. The Morgan fingerprint density at radius 1 is 0.491 bits per heavy atom. The molecule has 12 rings (SSSR count). The summed E-state index contributed by atoms with van der Waals surface area (Å²) in [7, 11) is 0. The molecule has 2 nitrogen and oxygen atoms in total. The van der Waals surface area contributed by atoms with Crippen LogP contribution in [0.1, 0.15) is 25.0 Å². The summed E-state index contributed by atoms with van der Waals surface area (Å²) in [4.78, 5) is 6.71. The fraction of sp³-hybridized carbons (Fsp3) is 0.0600. The van der Waals surface area contributed by atoms with Gasteiger partial charge in [-0.05, 0) is 80.2 Å². The van der Waals surface area contributed by atoms with Gasteiger partial charge in [-0.2, -0.15) is 0 Å². The lowest BCUT2D eigenvalue weighted by atomic mass is 9.82. The molecule has 11 aromatic rings. The Balaban J connectivity index is 1.14. The maximum absolute atomic E-state index is 5.42. The van der Waals surface area contributed by atoms with Gasteiger partial charge in [-0.1, -0.05) is 135 Å². The van der Waals surface area contributed by atoms with Crippen molar-refractivity contribution < 1.29 is 0 Å². The van der Waals surface area contributed by atoms with E-state index in [0.717, 1.165) is 22.5 Å². The van der Waals surface area contributed by atoms with E-state index in [0.29, 0.717) is 0 Å². The second-order valence-electron chi connectivity index (χ2n) is 15.1. The molecule has 0 saturated heterocycles. The van der Waals surface area contributed by atoms with Gasteiger partial charge in [0.2, 0.25) is 0 Å². The van der Waals surface area contributed by atoms with Gasteiger partial charge in [0, 0.05) is 53.7 Å². The van der Waals surface area contributed by atoms with Crippen molar-refractivity contribution in [3.8, 4) is 28.1 Å². The maximum atomic E-state index is 5.42. The normalized spacial score (nSPS) is 13.6. The molecule has 0 unspecified atom stereocenters. The minimum atomic E-state index is -0.0624. The lowest BCUT2D eigenvalue weighted by Gasteiger charge is -2.21. The van der Waals surface area contributed by atoms with Crippen molar-refractivity contribution in [1.82, 2.24) is 9.55 Å². The fourth-order valence-corrected chi connectivity index (χ4v) is 10.8. The van der Waals surface area contributed by atoms with Crippen LogP contribution in [-0.2, 0) is 5.41 Å². The largest absolute Gasteiger partial charge is 0.301 e. The first-order chi connectivity index (χ1) is 26.1. The van der Waals surface area contributed by atoms with Crippen LogP contribution in [-0.4, -0.2) is 9.55 Å². The Kier molecular flexibility index (Phi) is 5.75. The van der Waals surface area contributed by atoms with E-state index < -0.39 is 0 Å². The number of pyridine rings is 1. The molecule has 248 valence electrons. The van der Waals surface area contributed by atoms with E-state index in [1.807, 2.05) is 11.3 Å². The Labute approximate surface area is 310 Å². The van der Waals surface area contributed by atoms with Crippen LogP contribution in [0.15, 0.2) is 158 Å². The highest BCUT2D eigenvalue weighted by Crippen LogP contribution is 2.52. The number of hydrogen-bond donors (Lipinski definition) is 0. The lowest BCUT2D eigenvalue weighted by molar-refractivity contribution is 0.661. The third-order valence-electron chi connectivity index (χ3n) is 12.0. The second kappa shape index (κ2) is 10.4. The predicted octanol–water partition coefficient (Wildman–Crippen LogP) is 14.0. The first-order valence-electron chi connectivity index (χ1n) is 18.4. The molecule has 0 atom stereocenters. The molecule has 3 aromatic heterocycles. The molecule has 0 N–H and O–H groups in total. The molecule has 0 radical (unpaired) electrons. The van der Waals surface area contributed by atoms with E-state index in [1.165, 1.54) is 91.2 Å². The summed E-state index contributed by atoms with van der Waals surface area (Å²) >= 11 is 1.89. The van der Waals surface area contributed by atoms with Crippen molar-refractivity contribution in [2.75, 3.05) is 0 Å². The third kappa shape index (κ3) is 3.84. The highest BCUT2D eigenvalue weighted by Gasteiger charge is 2.36. The molecule has 8 aromatic carbocycles. The molecular formula is C50H32N2S. The molecule has 0 aliphatic heterocycles. The van der Waals surface area contributed by atoms with Crippen molar-refractivity contribution in [3.63, 3.8) is 0 Å². The maximum Gasteiger partial charge on any atom is 0.109 e. The molecule has 3 heteroatoms. The summed E-state index contributed by atoms with van der Waals surface area (Å²) < 4.78 is 3.82. The topological polar surface area (TPSA) is 17.8 Å². The Morgan fingerprint density at radius 2 is 1.11 bits per heavy atom. The van der Waals surface area contributed by atoms with Gasteiger partial charge in [0.05, 0.1) is 16.7 Å². The summed E-state index contributed by atoms with van der Waals surface area (Å²) in [5.41, 5.74) is 11.0. The molecule has 0 saturated carbocycles. The SMILES string of the molecule is CC1(C)c2ccccc2-c2cc3c(cc21)c1c2ccccc2sc1n3-c1ccc(-c2nc3ccccc3c3c4ccccc4c4ccccc4c23)cc1. The quantitative estimate of drug-likeness (QED) is 0.165. The molecule has 0 fully saturated rings. The number of aromatic nitrogens is 2. The summed E-state index contributed by atoms with van der Waals surface area (Å²) in [6.07, 6.45) is 0. The Hall–Kier alpha value is -6.29. The standard InChI is InChI=1S/C50H32N2S/c1-50(2)40-20-10-7-15-33(40)38-28-43-39(27-41(38)50)46-37-19-9-12-22-44(37)53-49(46)52(43)30-25-23-29(24-26-30)48-47-35-17-6-4-14-32(35)31-13-3-5-16-34(31)45(47)36-18-8-11-21-42(36)51-48/h3-28H,1-2H3.